The molecule has 2 rings (SSSR count). The van der Waals surface area contributed by atoms with Gasteiger partial charge in [0.2, 0.25) is 11.8 Å². The van der Waals surface area contributed by atoms with E-state index in [4.69, 9.17) is 0 Å². The molecule has 0 spiro atoms. The number of aromatic nitrogens is 1. The predicted molar refractivity (Wildman–Crippen MR) is 111 cm³/mol. The lowest BCUT2D eigenvalue weighted by atomic mass is 10.1. The molecule has 2 N–H and O–H groups in total. The zero-order chi connectivity index (χ0) is 22.8. The van der Waals surface area contributed by atoms with Crippen LogP contribution in [0.2, 0.25) is 0 Å². The normalized spacial score (nSPS) is 11.7. The van der Waals surface area contributed by atoms with Gasteiger partial charge in [0.25, 0.3) is 0 Å². The first-order valence-electron chi connectivity index (χ1n) is 9.58. The van der Waals surface area contributed by atoms with E-state index in [0.717, 1.165) is 18.2 Å². The number of anilines is 1. The molecule has 0 saturated heterocycles. The highest BCUT2D eigenvalue weighted by Gasteiger charge is 2.20. The fourth-order valence-electron chi connectivity index (χ4n) is 2.72. The van der Waals surface area contributed by atoms with E-state index in [-0.39, 0.29) is 17.8 Å². The first-order valence-corrected chi connectivity index (χ1v) is 9.58. The number of rotatable bonds is 9. The number of carbonyl (C=O) groups excluding carboxylic acids is 3. The van der Waals surface area contributed by atoms with Crippen LogP contribution in [-0.2, 0) is 25.5 Å². The number of ether oxygens (including phenoxy) is 1. The number of esters is 1. The molecule has 0 fully saturated rings. The molecule has 1 unspecified atom stereocenters. The SMILES string of the molecule is CCCC(NC(=O)Cc1cc(F)cc(F)c1)C(=O)Nc1ccc(C=CC(=O)OC)cn1. The smallest absolute Gasteiger partial charge is 0.330 e. The molecule has 1 aromatic heterocycles. The van der Waals surface area contributed by atoms with Crippen LogP contribution in [-0.4, -0.2) is 35.9 Å². The summed E-state index contributed by atoms with van der Waals surface area (Å²) in [5.74, 6) is -2.79. The number of halogens is 2. The lowest BCUT2D eigenvalue weighted by Gasteiger charge is -2.17. The Bertz CT molecular complexity index is 941. The standard InChI is InChI=1S/C22H23F2N3O4/c1-3-4-18(26-20(28)11-15-9-16(23)12-17(24)10-15)22(30)27-19-7-5-14(13-25-19)6-8-21(29)31-2/h5-10,12-13,18H,3-4,11H2,1-2H3,(H,26,28)(H,25,27,30). The maximum atomic E-state index is 13.3. The zero-order valence-corrected chi connectivity index (χ0v) is 17.2. The van der Waals surface area contributed by atoms with Crippen LogP contribution >= 0.6 is 0 Å². The fourth-order valence-corrected chi connectivity index (χ4v) is 2.72. The topological polar surface area (TPSA) is 97.4 Å². The van der Waals surface area contributed by atoms with Gasteiger partial charge in [-0.2, -0.15) is 0 Å². The Morgan fingerprint density at radius 1 is 1.16 bits per heavy atom. The predicted octanol–water partition coefficient (Wildman–Crippen LogP) is 3.01. The summed E-state index contributed by atoms with van der Waals surface area (Å²) in [6.45, 7) is 1.86. The third-order valence-electron chi connectivity index (χ3n) is 4.17. The molecule has 0 bridgehead atoms. The molecule has 0 aliphatic heterocycles. The summed E-state index contributed by atoms with van der Waals surface area (Å²) in [5.41, 5.74) is 0.798. The van der Waals surface area contributed by atoms with Gasteiger partial charge in [0.15, 0.2) is 0 Å². The number of hydrogen-bond donors (Lipinski definition) is 2. The van der Waals surface area contributed by atoms with Crippen molar-refractivity contribution in [2.24, 2.45) is 0 Å². The van der Waals surface area contributed by atoms with Crippen molar-refractivity contribution >= 4 is 29.7 Å². The number of pyridine rings is 1. The third-order valence-corrected chi connectivity index (χ3v) is 4.17. The van der Waals surface area contributed by atoms with Crippen LogP contribution in [0.1, 0.15) is 30.9 Å². The number of benzene rings is 1. The molecule has 7 nitrogen and oxygen atoms in total. The minimum absolute atomic E-state index is 0.169. The summed E-state index contributed by atoms with van der Waals surface area (Å²) < 4.78 is 31.1. The largest absolute Gasteiger partial charge is 0.466 e. The lowest BCUT2D eigenvalue weighted by molar-refractivity contribution is -0.134. The van der Waals surface area contributed by atoms with E-state index in [9.17, 15) is 23.2 Å². The molecule has 0 saturated carbocycles. The molecule has 0 aliphatic carbocycles. The van der Waals surface area contributed by atoms with Crippen LogP contribution in [0.5, 0.6) is 0 Å². The molecule has 164 valence electrons. The van der Waals surface area contributed by atoms with Crippen LogP contribution in [0.15, 0.2) is 42.6 Å². The summed E-state index contributed by atoms with van der Waals surface area (Å²) in [6.07, 6.45) is 4.95. The van der Waals surface area contributed by atoms with Gasteiger partial charge in [0.1, 0.15) is 23.5 Å². The molecule has 1 atom stereocenters. The summed E-state index contributed by atoms with van der Waals surface area (Å²) in [6, 6.07) is 5.22. The number of nitrogens with zero attached hydrogens (tertiary/aromatic N) is 1. The van der Waals surface area contributed by atoms with E-state index < -0.39 is 35.5 Å². The van der Waals surface area contributed by atoms with Crippen molar-refractivity contribution in [3.8, 4) is 0 Å². The Labute approximate surface area is 178 Å². The summed E-state index contributed by atoms with van der Waals surface area (Å²) in [4.78, 5) is 40.1. The molecule has 9 heteroatoms. The molecule has 0 aliphatic rings. The highest BCUT2D eigenvalue weighted by Crippen LogP contribution is 2.11. The van der Waals surface area contributed by atoms with Crippen molar-refractivity contribution in [2.75, 3.05) is 12.4 Å². The van der Waals surface area contributed by atoms with E-state index in [2.05, 4.69) is 20.4 Å². The molecule has 31 heavy (non-hydrogen) atoms. The Kier molecular flexibility index (Phi) is 8.80. The number of carbonyl (C=O) groups is 3. The van der Waals surface area contributed by atoms with E-state index in [0.29, 0.717) is 18.4 Å². The summed E-state index contributed by atoms with van der Waals surface area (Å²) >= 11 is 0. The first kappa shape index (κ1) is 23.7. The van der Waals surface area contributed by atoms with Crippen molar-refractivity contribution < 1.29 is 27.9 Å². The van der Waals surface area contributed by atoms with Crippen LogP contribution in [0, 0.1) is 11.6 Å². The van der Waals surface area contributed by atoms with Gasteiger partial charge in [-0.05, 0) is 47.9 Å². The molecule has 0 radical (unpaired) electrons. The van der Waals surface area contributed by atoms with Crippen molar-refractivity contribution in [2.45, 2.75) is 32.2 Å². The van der Waals surface area contributed by atoms with Gasteiger partial charge in [-0.3, -0.25) is 9.59 Å². The van der Waals surface area contributed by atoms with Crippen LogP contribution in [0.3, 0.4) is 0 Å². The van der Waals surface area contributed by atoms with Gasteiger partial charge >= 0.3 is 5.97 Å². The van der Waals surface area contributed by atoms with Crippen LogP contribution in [0.25, 0.3) is 6.08 Å². The second-order valence-electron chi connectivity index (χ2n) is 6.69. The number of nitrogens with one attached hydrogen (secondary N) is 2. The average Bonchev–Trinajstić information content (AvgIpc) is 2.71. The minimum atomic E-state index is -0.836. The van der Waals surface area contributed by atoms with Crippen molar-refractivity contribution in [3.05, 3.63) is 65.4 Å². The van der Waals surface area contributed by atoms with Gasteiger partial charge in [-0.15, -0.1) is 0 Å². The second kappa shape index (κ2) is 11.5. The number of hydrogen-bond acceptors (Lipinski definition) is 5. The lowest BCUT2D eigenvalue weighted by Crippen LogP contribution is -2.44. The Morgan fingerprint density at radius 3 is 2.45 bits per heavy atom. The first-order chi connectivity index (χ1) is 14.8. The maximum absolute atomic E-state index is 13.3. The summed E-state index contributed by atoms with van der Waals surface area (Å²) in [5, 5.41) is 5.21. The Balaban J connectivity index is 1.98. The highest BCUT2D eigenvalue weighted by molar-refractivity contribution is 5.96. The zero-order valence-electron chi connectivity index (χ0n) is 17.2. The van der Waals surface area contributed by atoms with Gasteiger partial charge in [-0.1, -0.05) is 13.3 Å². The average molecular weight is 431 g/mol. The molecule has 1 aromatic carbocycles. The van der Waals surface area contributed by atoms with Crippen molar-refractivity contribution in [3.63, 3.8) is 0 Å². The molecular weight excluding hydrogens is 408 g/mol. The minimum Gasteiger partial charge on any atom is -0.466 e. The van der Waals surface area contributed by atoms with E-state index in [1.165, 1.54) is 25.5 Å². The van der Waals surface area contributed by atoms with Crippen LogP contribution in [0.4, 0.5) is 14.6 Å². The van der Waals surface area contributed by atoms with E-state index in [1.807, 2.05) is 6.92 Å². The molecule has 1 heterocycles. The Morgan fingerprint density at radius 2 is 1.87 bits per heavy atom. The Hall–Kier alpha value is -3.62. The monoisotopic (exact) mass is 431 g/mol. The van der Waals surface area contributed by atoms with E-state index >= 15 is 0 Å². The molecule has 2 amide bonds. The highest BCUT2D eigenvalue weighted by atomic mass is 19.1. The van der Waals surface area contributed by atoms with Gasteiger partial charge in [0.05, 0.1) is 13.5 Å². The van der Waals surface area contributed by atoms with Crippen LogP contribution < -0.4 is 10.6 Å². The fraction of sp³-hybridized carbons (Fsp3) is 0.273. The third kappa shape index (κ3) is 7.96. The van der Waals surface area contributed by atoms with Gasteiger partial charge in [-0.25, -0.2) is 18.6 Å². The molecule has 2 aromatic rings. The van der Waals surface area contributed by atoms with Gasteiger partial charge < -0.3 is 15.4 Å². The molecular formula is C22H23F2N3O4. The number of amides is 2. The number of methoxy groups -OCH3 is 1. The summed E-state index contributed by atoms with van der Waals surface area (Å²) in [7, 11) is 1.27. The maximum Gasteiger partial charge on any atom is 0.330 e. The van der Waals surface area contributed by atoms with Crippen molar-refractivity contribution in [1.29, 1.82) is 0 Å². The van der Waals surface area contributed by atoms with E-state index in [1.54, 1.807) is 12.1 Å². The van der Waals surface area contributed by atoms with Crippen molar-refractivity contribution in [1.82, 2.24) is 10.3 Å². The quantitative estimate of drug-likeness (QED) is 0.470. The second-order valence-corrected chi connectivity index (χ2v) is 6.69. The van der Waals surface area contributed by atoms with Gasteiger partial charge in [0, 0.05) is 18.3 Å².